The molecule has 1 heterocycles. The molecule has 0 saturated heterocycles. The predicted molar refractivity (Wildman–Crippen MR) is 46.2 cm³/mol. The number of pyridine rings is 1. The van der Waals surface area contributed by atoms with Crippen LogP contribution >= 0.6 is 0 Å². The van der Waals surface area contributed by atoms with E-state index in [0.717, 1.165) is 0 Å². The third kappa shape index (κ3) is 1.94. The maximum Gasteiger partial charge on any atom is 1.00 e. The Kier molecular flexibility index (Phi) is 3.14. The summed E-state index contributed by atoms with van der Waals surface area (Å²) in [6, 6.07) is 8.28. The topological polar surface area (TPSA) is 53.1 Å². The van der Waals surface area contributed by atoms with E-state index in [9.17, 15) is 9.90 Å². The van der Waals surface area contributed by atoms with Crippen molar-refractivity contribution in [2.45, 2.75) is 0 Å². The smallest absolute Gasteiger partial charge is 0.507 e. The number of para-hydroxylation sites is 1. The van der Waals surface area contributed by atoms with Gasteiger partial charge in [-0.3, -0.25) is 4.79 Å². The van der Waals surface area contributed by atoms with Crippen molar-refractivity contribution >= 4 is 10.9 Å². The van der Waals surface area contributed by atoms with Crippen LogP contribution in [0.25, 0.3) is 10.9 Å². The van der Waals surface area contributed by atoms with Crippen molar-refractivity contribution < 1.29 is 34.7 Å². The van der Waals surface area contributed by atoms with Gasteiger partial charge in [0.25, 0.3) is 5.56 Å². The molecule has 0 radical (unpaired) electrons. The first-order valence-corrected chi connectivity index (χ1v) is 3.58. The Labute approximate surface area is 96.7 Å². The Morgan fingerprint density at radius 3 is 2.69 bits per heavy atom. The van der Waals surface area contributed by atoms with E-state index in [2.05, 4.69) is 4.98 Å². The molecule has 0 aliphatic carbocycles. The van der Waals surface area contributed by atoms with E-state index in [4.69, 9.17) is 0 Å². The number of H-pyrrole nitrogens is 1. The maximum atomic E-state index is 10.9. The second kappa shape index (κ2) is 3.96. The largest absolute Gasteiger partial charge is 1.00 e. The molecule has 0 unspecified atom stereocenters. The van der Waals surface area contributed by atoms with Crippen LogP contribution in [0.1, 0.15) is 0 Å². The summed E-state index contributed by atoms with van der Waals surface area (Å²) in [4.78, 5) is 13.5. The van der Waals surface area contributed by atoms with Gasteiger partial charge in [-0.05, 0) is 12.1 Å². The number of aromatic hydroxyl groups is 1. The first-order chi connectivity index (χ1) is 5.77. The van der Waals surface area contributed by atoms with E-state index in [1.807, 2.05) is 0 Å². The van der Waals surface area contributed by atoms with Gasteiger partial charge < -0.3 is 10.1 Å². The fraction of sp³-hybridized carbons (Fsp3) is 0. The molecule has 13 heavy (non-hydrogen) atoms. The normalized spacial score (nSPS) is 9.54. The third-order valence-electron chi connectivity index (χ3n) is 1.73. The minimum atomic E-state index is -0.286. The van der Waals surface area contributed by atoms with Gasteiger partial charge in [-0.15, -0.1) is 0 Å². The average Bonchev–Trinajstić information content (AvgIpc) is 2.04. The fourth-order valence-corrected chi connectivity index (χ4v) is 1.19. The molecule has 3 nitrogen and oxygen atoms in total. The van der Waals surface area contributed by atoms with Crippen molar-refractivity contribution in [1.29, 1.82) is 0 Å². The second-order valence-electron chi connectivity index (χ2n) is 2.56. The minimum Gasteiger partial charge on any atom is -0.507 e. The van der Waals surface area contributed by atoms with Crippen molar-refractivity contribution in [3.8, 4) is 5.75 Å². The monoisotopic (exact) mass is 184 g/mol. The number of hydrogen-bond acceptors (Lipinski definition) is 2. The Balaban J connectivity index is 0.000000845. The SMILES string of the molecule is O=c1cc(O)c2ccccc2[nH]1.[Na+]. The summed E-state index contributed by atoms with van der Waals surface area (Å²) < 4.78 is 0. The summed E-state index contributed by atoms with van der Waals surface area (Å²) in [6.45, 7) is 0. The molecule has 0 saturated carbocycles. The molecule has 1 aromatic carbocycles. The average molecular weight is 184 g/mol. The van der Waals surface area contributed by atoms with E-state index in [1.54, 1.807) is 24.3 Å². The van der Waals surface area contributed by atoms with Crippen LogP contribution in [0.5, 0.6) is 5.75 Å². The van der Waals surface area contributed by atoms with Crippen molar-refractivity contribution in [3.05, 3.63) is 40.7 Å². The summed E-state index contributed by atoms with van der Waals surface area (Å²) in [6.07, 6.45) is 0. The van der Waals surface area contributed by atoms with Gasteiger partial charge >= 0.3 is 29.6 Å². The Bertz CT molecular complexity index is 478. The van der Waals surface area contributed by atoms with Gasteiger partial charge in [-0.1, -0.05) is 12.1 Å². The summed E-state index contributed by atoms with van der Waals surface area (Å²) in [5.74, 6) is 0.0225. The Morgan fingerprint density at radius 1 is 1.23 bits per heavy atom. The van der Waals surface area contributed by atoms with E-state index >= 15 is 0 Å². The molecule has 4 heteroatoms. The van der Waals surface area contributed by atoms with Crippen LogP contribution in [0.15, 0.2) is 35.1 Å². The van der Waals surface area contributed by atoms with E-state index < -0.39 is 0 Å². The molecule has 2 aromatic rings. The van der Waals surface area contributed by atoms with E-state index in [-0.39, 0.29) is 40.9 Å². The van der Waals surface area contributed by atoms with Crippen molar-refractivity contribution in [2.75, 3.05) is 0 Å². The van der Waals surface area contributed by atoms with Gasteiger partial charge in [0.2, 0.25) is 0 Å². The van der Waals surface area contributed by atoms with Crippen molar-refractivity contribution in [1.82, 2.24) is 4.98 Å². The first-order valence-electron chi connectivity index (χ1n) is 3.58. The number of fused-ring (bicyclic) bond motifs is 1. The summed E-state index contributed by atoms with van der Waals surface area (Å²) in [7, 11) is 0. The van der Waals surface area contributed by atoms with Crippen LogP contribution in [0.3, 0.4) is 0 Å². The van der Waals surface area contributed by atoms with Gasteiger partial charge in [0, 0.05) is 11.5 Å². The van der Waals surface area contributed by atoms with Crippen LogP contribution in [-0.4, -0.2) is 10.1 Å². The van der Waals surface area contributed by atoms with Crippen molar-refractivity contribution in [3.63, 3.8) is 0 Å². The molecule has 2 rings (SSSR count). The Hall–Kier alpha value is -0.770. The molecule has 0 bridgehead atoms. The molecule has 0 aliphatic rings. The zero-order chi connectivity index (χ0) is 8.55. The number of rotatable bonds is 0. The van der Waals surface area contributed by atoms with Gasteiger partial charge in [0.05, 0.1) is 5.52 Å². The van der Waals surface area contributed by atoms with Crippen LogP contribution in [0.4, 0.5) is 0 Å². The zero-order valence-corrected chi connectivity index (χ0v) is 9.24. The quantitative estimate of drug-likeness (QED) is 0.476. The number of nitrogens with one attached hydrogen (secondary N) is 1. The number of aromatic amines is 1. The van der Waals surface area contributed by atoms with Crippen LogP contribution < -0.4 is 35.1 Å². The van der Waals surface area contributed by atoms with Crippen molar-refractivity contribution in [2.24, 2.45) is 0 Å². The second-order valence-corrected chi connectivity index (χ2v) is 2.56. The molecule has 0 fully saturated rings. The number of benzene rings is 1. The van der Waals surface area contributed by atoms with Crippen LogP contribution in [-0.2, 0) is 0 Å². The summed E-state index contributed by atoms with van der Waals surface area (Å²) in [5, 5.41) is 10.00. The maximum absolute atomic E-state index is 10.9. The Morgan fingerprint density at radius 2 is 1.92 bits per heavy atom. The molecule has 2 N–H and O–H groups in total. The number of hydrogen-bond donors (Lipinski definition) is 2. The van der Waals surface area contributed by atoms with Gasteiger partial charge in [-0.2, -0.15) is 0 Å². The fourth-order valence-electron chi connectivity index (χ4n) is 1.19. The predicted octanol–water partition coefficient (Wildman–Crippen LogP) is -1.76. The molecule has 0 atom stereocenters. The molecule has 0 aliphatic heterocycles. The molecule has 1 aromatic heterocycles. The molecular formula is C9H7NNaO2+. The standard InChI is InChI=1S/C9H7NO2.Na/c11-8-5-9(12)10-7-4-2-1-3-6(7)8;/h1-5H,(H2,10,11,12);/q;+1. The van der Waals surface area contributed by atoms with Gasteiger partial charge in [-0.25, -0.2) is 0 Å². The summed E-state index contributed by atoms with van der Waals surface area (Å²) in [5.41, 5.74) is 0.369. The van der Waals surface area contributed by atoms with E-state index in [0.29, 0.717) is 10.9 Å². The number of aromatic nitrogens is 1. The molecule has 60 valence electrons. The molecular weight excluding hydrogens is 177 g/mol. The summed E-state index contributed by atoms with van der Waals surface area (Å²) >= 11 is 0. The zero-order valence-electron chi connectivity index (χ0n) is 7.24. The van der Waals surface area contributed by atoms with Crippen LogP contribution in [0, 0.1) is 0 Å². The van der Waals surface area contributed by atoms with Crippen LogP contribution in [0.2, 0.25) is 0 Å². The molecule has 0 spiro atoms. The molecule has 0 amide bonds. The minimum absolute atomic E-state index is 0. The van der Waals surface area contributed by atoms with E-state index in [1.165, 1.54) is 6.07 Å². The first kappa shape index (κ1) is 10.3. The van der Waals surface area contributed by atoms with Gasteiger partial charge in [0.1, 0.15) is 5.75 Å². The van der Waals surface area contributed by atoms with Gasteiger partial charge in [0.15, 0.2) is 0 Å². The third-order valence-corrected chi connectivity index (χ3v) is 1.73.